The number of likely N-dealkylation sites (N-methyl/N-ethyl adjacent to an activating group) is 1. The Hall–Kier alpha value is -3.09. The lowest BCUT2D eigenvalue weighted by molar-refractivity contribution is 0.0946. The van der Waals surface area contributed by atoms with Gasteiger partial charge in [0.2, 0.25) is 0 Å². The smallest absolute Gasteiger partial charge is 0.269 e. The Morgan fingerprint density at radius 3 is 2.63 bits per heavy atom. The number of amides is 1. The molecular weight excluding hydrogens is 340 g/mol. The summed E-state index contributed by atoms with van der Waals surface area (Å²) in [5.41, 5.74) is 5.17. The van der Waals surface area contributed by atoms with Crippen LogP contribution in [0.4, 0.5) is 5.69 Å². The van der Waals surface area contributed by atoms with Crippen LogP contribution < -0.4 is 10.2 Å². The van der Waals surface area contributed by atoms with Crippen molar-refractivity contribution in [2.75, 3.05) is 18.5 Å². The molecule has 0 saturated carbocycles. The van der Waals surface area contributed by atoms with Gasteiger partial charge in [-0.3, -0.25) is 14.6 Å². The van der Waals surface area contributed by atoms with Crippen LogP contribution in [0.1, 0.15) is 28.8 Å². The zero-order chi connectivity index (χ0) is 19.6. The molecule has 0 bridgehead atoms. The van der Waals surface area contributed by atoms with E-state index in [1.54, 1.807) is 6.07 Å². The number of rotatable bonds is 6. The zero-order valence-corrected chi connectivity index (χ0v) is 16.4. The number of carbonyl (C=O) groups excluding carboxylic acids is 1. The van der Waals surface area contributed by atoms with Crippen molar-refractivity contribution in [3.8, 4) is 11.3 Å². The summed E-state index contributed by atoms with van der Waals surface area (Å²) in [6.07, 6.45) is 0. The van der Waals surface area contributed by atoms with Gasteiger partial charge in [0.1, 0.15) is 5.69 Å². The largest absolute Gasteiger partial charge is 0.370 e. The standard InChI is InChI=1S/C20H26N6O/c1-13(25(4)16-9-7-6-8-10-16)12-21-20(27)18-11-17(22-23-18)19-14(2)24-26(5)15(19)3/h6-11,13H,12H2,1-5H3,(H,21,27)(H,22,23). The third-order valence-electron chi connectivity index (χ3n) is 4.97. The molecule has 0 aliphatic rings. The van der Waals surface area contributed by atoms with Crippen LogP contribution >= 0.6 is 0 Å². The first-order valence-electron chi connectivity index (χ1n) is 9.00. The number of carbonyl (C=O) groups is 1. The number of benzene rings is 1. The Labute approximate surface area is 159 Å². The number of anilines is 1. The van der Waals surface area contributed by atoms with Crippen molar-refractivity contribution in [2.24, 2.45) is 7.05 Å². The number of aryl methyl sites for hydroxylation is 2. The lowest BCUT2D eigenvalue weighted by atomic mass is 10.1. The highest BCUT2D eigenvalue weighted by Crippen LogP contribution is 2.25. The number of nitrogens with one attached hydrogen (secondary N) is 2. The molecule has 0 saturated heterocycles. The van der Waals surface area contributed by atoms with Crippen LogP contribution in [0.3, 0.4) is 0 Å². The van der Waals surface area contributed by atoms with E-state index in [4.69, 9.17) is 0 Å². The minimum Gasteiger partial charge on any atom is -0.370 e. The van der Waals surface area contributed by atoms with Gasteiger partial charge in [-0.15, -0.1) is 0 Å². The Balaban J connectivity index is 1.65. The number of hydrogen-bond acceptors (Lipinski definition) is 4. The molecule has 1 unspecified atom stereocenters. The van der Waals surface area contributed by atoms with Gasteiger partial charge in [0.05, 0.1) is 11.4 Å². The maximum atomic E-state index is 12.5. The van der Waals surface area contributed by atoms with Crippen molar-refractivity contribution in [3.63, 3.8) is 0 Å². The Morgan fingerprint density at radius 1 is 1.30 bits per heavy atom. The molecule has 0 fully saturated rings. The summed E-state index contributed by atoms with van der Waals surface area (Å²) < 4.78 is 1.82. The topological polar surface area (TPSA) is 78.8 Å². The van der Waals surface area contributed by atoms with Crippen LogP contribution in [0.5, 0.6) is 0 Å². The average molecular weight is 366 g/mol. The van der Waals surface area contributed by atoms with Gasteiger partial charge in [-0.05, 0) is 39.0 Å². The molecule has 0 spiro atoms. The molecule has 2 heterocycles. The van der Waals surface area contributed by atoms with Crippen molar-refractivity contribution in [1.82, 2.24) is 25.3 Å². The molecule has 3 rings (SSSR count). The quantitative estimate of drug-likeness (QED) is 0.703. The van der Waals surface area contributed by atoms with Gasteiger partial charge in [0.25, 0.3) is 5.91 Å². The fraction of sp³-hybridized carbons (Fsp3) is 0.350. The van der Waals surface area contributed by atoms with E-state index in [9.17, 15) is 4.79 Å². The van der Waals surface area contributed by atoms with Crippen molar-refractivity contribution in [3.05, 3.63) is 53.5 Å². The molecule has 1 aromatic carbocycles. The van der Waals surface area contributed by atoms with E-state index in [0.717, 1.165) is 28.3 Å². The van der Waals surface area contributed by atoms with Gasteiger partial charge in [-0.2, -0.15) is 10.2 Å². The summed E-state index contributed by atoms with van der Waals surface area (Å²) in [6.45, 7) is 6.54. The van der Waals surface area contributed by atoms with Gasteiger partial charge in [0.15, 0.2) is 0 Å². The lowest BCUT2D eigenvalue weighted by Crippen LogP contribution is -2.40. The summed E-state index contributed by atoms with van der Waals surface area (Å²) >= 11 is 0. The molecule has 2 N–H and O–H groups in total. The molecule has 27 heavy (non-hydrogen) atoms. The molecular formula is C20H26N6O. The molecule has 0 radical (unpaired) electrons. The van der Waals surface area contributed by atoms with E-state index in [-0.39, 0.29) is 11.9 Å². The van der Waals surface area contributed by atoms with E-state index in [1.807, 2.05) is 50.8 Å². The van der Waals surface area contributed by atoms with Crippen molar-refractivity contribution in [2.45, 2.75) is 26.8 Å². The Morgan fingerprint density at radius 2 is 2.00 bits per heavy atom. The van der Waals surface area contributed by atoms with Crippen molar-refractivity contribution in [1.29, 1.82) is 0 Å². The fourth-order valence-corrected chi connectivity index (χ4v) is 3.10. The van der Waals surface area contributed by atoms with Gasteiger partial charge < -0.3 is 10.2 Å². The second-order valence-electron chi connectivity index (χ2n) is 6.84. The highest BCUT2D eigenvalue weighted by atomic mass is 16.1. The molecule has 7 nitrogen and oxygen atoms in total. The molecule has 142 valence electrons. The predicted octanol–water partition coefficient (Wildman–Crippen LogP) is 2.68. The third-order valence-corrected chi connectivity index (χ3v) is 4.97. The molecule has 1 atom stereocenters. The minimum atomic E-state index is -0.166. The summed E-state index contributed by atoms with van der Waals surface area (Å²) in [7, 11) is 3.92. The highest BCUT2D eigenvalue weighted by Gasteiger charge is 2.18. The van der Waals surface area contributed by atoms with Gasteiger partial charge in [-0.1, -0.05) is 18.2 Å². The minimum absolute atomic E-state index is 0.154. The lowest BCUT2D eigenvalue weighted by Gasteiger charge is -2.27. The predicted molar refractivity (Wildman–Crippen MR) is 107 cm³/mol. The van der Waals surface area contributed by atoms with E-state index in [2.05, 4.69) is 44.6 Å². The van der Waals surface area contributed by atoms with Crippen LogP contribution in [-0.4, -0.2) is 45.5 Å². The summed E-state index contributed by atoms with van der Waals surface area (Å²) in [5.74, 6) is -0.166. The number of aromatic amines is 1. The first-order chi connectivity index (χ1) is 12.9. The number of hydrogen-bond donors (Lipinski definition) is 2. The van der Waals surface area contributed by atoms with Crippen LogP contribution in [-0.2, 0) is 7.05 Å². The van der Waals surface area contributed by atoms with E-state index < -0.39 is 0 Å². The number of nitrogens with zero attached hydrogens (tertiary/aromatic N) is 4. The highest BCUT2D eigenvalue weighted by molar-refractivity contribution is 5.93. The van der Waals surface area contributed by atoms with E-state index >= 15 is 0 Å². The maximum Gasteiger partial charge on any atom is 0.269 e. The van der Waals surface area contributed by atoms with Gasteiger partial charge in [-0.25, -0.2) is 0 Å². The third kappa shape index (κ3) is 3.86. The second-order valence-corrected chi connectivity index (χ2v) is 6.84. The molecule has 2 aromatic heterocycles. The van der Waals surface area contributed by atoms with Crippen molar-refractivity contribution < 1.29 is 4.79 Å². The zero-order valence-electron chi connectivity index (χ0n) is 16.4. The van der Waals surface area contributed by atoms with Crippen LogP contribution in [0.25, 0.3) is 11.3 Å². The van der Waals surface area contributed by atoms with E-state index in [0.29, 0.717) is 12.2 Å². The van der Waals surface area contributed by atoms with Crippen LogP contribution in [0.2, 0.25) is 0 Å². The molecule has 1 amide bonds. The number of para-hydroxylation sites is 1. The first-order valence-corrected chi connectivity index (χ1v) is 9.00. The van der Waals surface area contributed by atoms with Gasteiger partial charge >= 0.3 is 0 Å². The number of aromatic nitrogens is 4. The average Bonchev–Trinajstić information content (AvgIpc) is 3.24. The normalized spacial score (nSPS) is 12.0. The van der Waals surface area contributed by atoms with E-state index in [1.165, 1.54) is 0 Å². The SMILES string of the molecule is Cc1nn(C)c(C)c1-c1cc(C(=O)NCC(C)N(C)c2ccccc2)[nH]n1. The molecule has 0 aliphatic carbocycles. The molecule has 3 aromatic rings. The van der Waals surface area contributed by atoms with Crippen LogP contribution in [0.15, 0.2) is 36.4 Å². The maximum absolute atomic E-state index is 12.5. The van der Waals surface area contributed by atoms with Crippen LogP contribution in [0, 0.1) is 13.8 Å². The summed E-state index contributed by atoms with van der Waals surface area (Å²) in [4.78, 5) is 14.6. The fourth-order valence-electron chi connectivity index (χ4n) is 3.10. The van der Waals surface area contributed by atoms with Crippen molar-refractivity contribution >= 4 is 11.6 Å². The van der Waals surface area contributed by atoms with Gasteiger partial charge in [0, 0.05) is 43.6 Å². The Kier molecular flexibility index (Phi) is 5.30. The monoisotopic (exact) mass is 366 g/mol. The molecule has 7 heteroatoms. The second kappa shape index (κ2) is 7.65. The first kappa shape index (κ1) is 18.7. The molecule has 0 aliphatic heterocycles. The summed E-state index contributed by atoms with van der Waals surface area (Å²) in [6, 6.07) is 12.0. The summed E-state index contributed by atoms with van der Waals surface area (Å²) in [5, 5.41) is 14.5. The Bertz CT molecular complexity index is 927. The number of H-pyrrole nitrogens is 1.